The second-order valence-corrected chi connectivity index (χ2v) is 7.90. The fourth-order valence-electron chi connectivity index (χ4n) is 1.48. The van der Waals surface area contributed by atoms with Crippen LogP contribution in [0.2, 0.25) is 13.1 Å². The smallest absolute Gasteiger partial charge is 0.395 e. The fourth-order valence-corrected chi connectivity index (χ4v) is 2.84. The van der Waals surface area contributed by atoms with E-state index in [0.29, 0.717) is 12.2 Å². The van der Waals surface area contributed by atoms with Gasteiger partial charge in [0, 0.05) is 12.2 Å². The molecule has 100 valence electrons. The van der Waals surface area contributed by atoms with Crippen LogP contribution in [0.1, 0.15) is 46.5 Å². The third kappa shape index (κ3) is 8.16. The first kappa shape index (κ1) is 16.4. The van der Waals surface area contributed by atoms with Gasteiger partial charge in [0.1, 0.15) is 0 Å². The predicted molar refractivity (Wildman–Crippen MR) is 73.1 cm³/mol. The van der Waals surface area contributed by atoms with E-state index in [9.17, 15) is 4.79 Å². The highest BCUT2D eigenvalue weighted by molar-refractivity contribution is 6.66. The Labute approximate surface area is 106 Å². The summed E-state index contributed by atoms with van der Waals surface area (Å²) in [5.74, 6) is -0.230. The Morgan fingerprint density at radius 1 is 1.24 bits per heavy atom. The third-order valence-electron chi connectivity index (χ3n) is 2.41. The zero-order chi connectivity index (χ0) is 13.3. The molecule has 0 rings (SSSR count). The van der Waals surface area contributed by atoms with Crippen molar-refractivity contribution >= 4 is 14.5 Å². The maximum Gasteiger partial charge on any atom is 0.395 e. The first-order valence-electron chi connectivity index (χ1n) is 6.47. The minimum Gasteiger partial charge on any atom is -0.491 e. The van der Waals surface area contributed by atoms with Gasteiger partial charge in [-0.1, -0.05) is 25.8 Å². The zero-order valence-corrected chi connectivity index (χ0v) is 12.8. The Kier molecular flexibility index (Phi) is 8.17. The van der Waals surface area contributed by atoms with Gasteiger partial charge in [0.15, 0.2) is 0 Å². The van der Waals surface area contributed by atoms with Gasteiger partial charge >= 0.3 is 14.5 Å². The lowest BCUT2D eigenvalue weighted by atomic mass is 10.1. The van der Waals surface area contributed by atoms with Crippen LogP contribution < -0.4 is 0 Å². The average molecular weight is 258 g/mol. The lowest BCUT2D eigenvalue weighted by molar-refractivity contribution is -0.132. The monoisotopic (exact) mass is 258 g/mol. The summed E-state index contributed by atoms with van der Waals surface area (Å²) in [5, 5.41) is 0. The van der Waals surface area contributed by atoms with E-state index in [0.717, 1.165) is 12.8 Å². The topological polar surface area (TPSA) is 35.5 Å². The van der Waals surface area contributed by atoms with Crippen LogP contribution in [-0.2, 0) is 13.6 Å². The van der Waals surface area contributed by atoms with Crippen LogP contribution >= 0.6 is 0 Å². The molecule has 0 atom stereocenters. The lowest BCUT2D eigenvalue weighted by Gasteiger charge is -2.21. The van der Waals surface area contributed by atoms with Gasteiger partial charge in [0.2, 0.25) is 0 Å². The highest BCUT2D eigenvalue weighted by Gasteiger charge is 2.28. The van der Waals surface area contributed by atoms with E-state index in [1.165, 1.54) is 12.8 Å². The summed E-state index contributed by atoms with van der Waals surface area (Å²) in [4.78, 5) is 11.8. The molecule has 0 saturated heterocycles. The molecule has 4 heteroatoms. The number of carbonyl (C=O) groups excluding carboxylic acids is 1. The molecule has 0 aromatic heterocycles. The quantitative estimate of drug-likeness (QED) is 0.377. The van der Waals surface area contributed by atoms with Gasteiger partial charge in [-0.2, -0.15) is 0 Å². The summed E-state index contributed by atoms with van der Waals surface area (Å²) in [6, 6.07) is 0. The molecular weight excluding hydrogens is 232 g/mol. The fraction of sp³-hybridized carbons (Fsp3) is 0.769. The van der Waals surface area contributed by atoms with E-state index < -0.39 is 8.56 Å². The summed E-state index contributed by atoms with van der Waals surface area (Å²) in [6.07, 6.45) is 6.45. The number of allylic oxidation sites excluding steroid dienone is 1. The molecule has 0 aliphatic heterocycles. The largest absolute Gasteiger partial charge is 0.491 e. The molecule has 0 aromatic rings. The Bertz CT molecular complexity index is 259. The van der Waals surface area contributed by atoms with E-state index in [-0.39, 0.29) is 5.97 Å². The zero-order valence-electron chi connectivity index (χ0n) is 11.8. The van der Waals surface area contributed by atoms with Gasteiger partial charge in [0.05, 0.1) is 0 Å². The van der Waals surface area contributed by atoms with Crippen molar-refractivity contribution < 1.29 is 13.6 Å². The number of hydrogen-bond donors (Lipinski definition) is 0. The molecule has 0 amide bonds. The first-order chi connectivity index (χ1) is 7.93. The summed E-state index contributed by atoms with van der Waals surface area (Å²) in [5.41, 5.74) is 0.696. The van der Waals surface area contributed by atoms with Gasteiger partial charge in [0.25, 0.3) is 0 Å². The van der Waals surface area contributed by atoms with Crippen molar-refractivity contribution in [2.45, 2.75) is 59.5 Å². The van der Waals surface area contributed by atoms with Crippen molar-refractivity contribution in [3.63, 3.8) is 0 Å². The first-order valence-corrected chi connectivity index (χ1v) is 9.28. The van der Waals surface area contributed by atoms with Crippen LogP contribution in [0.4, 0.5) is 0 Å². The van der Waals surface area contributed by atoms with Gasteiger partial charge < -0.3 is 8.85 Å². The molecule has 0 heterocycles. The molecule has 0 bridgehead atoms. The van der Waals surface area contributed by atoms with Gasteiger partial charge in [-0.25, -0.2) is 4.79 Å². The van der Waals surface area contributed by atoms with Crippen LogP contribution in [0.3, 0.4) is 0 Å². The van der Waals surface area contributed by atoms with Crippen molar-refractivity contribution in [1.29, 1.82) is 0 Å². The standard InChI is InChI=1S/C13H26O3Si/c1-6-8-9-10-11-12(3)13(14)16-17(4,5)15-7-2/h11H,6-10H2,1-5H3. The molecule has 0 spiro atoms. The molecular formula is C13H26O3Si. The number of rotatable bonds is 8. The highest BCUT2D eigenvalue weighted by Crippen LogP contribution is 2.11. The summed E-state index contributed by atoms with van der Waals surface area (Å²) >= 11 is 0. The predicted octanol–water partition coefficient (Wildman–Crippen LogP) is 3.79. The minimum atomic E-state index is -2.27. The van der Waals surface area contributed by atoms with E-state index in [1.807, 2.05) is 33.0 Å². The van der Waals surface area contributed by atoms with E-state index in [2.05, 4.69) is 6.92 Å². The molecule has 0 saturated carbocycles. The number of carbonyl (C=O) groups is 1. The molecule has 0 fully saturated rings. The summed E-state index contributed by atoms with van der Waals surface area (Å²) in [6.45, 7) is 10.3. The Balaban J connectivity index is 4.12. The van der Waals surface area contributed by atoms with E-state index in [4.69, 9.17) is 8.85 Å². The van der Waals surface area contributed by atoms with Gasteiger partial charge in [-0.3, -0.25) is 0 Å². The molecule has 0 unspecified atom stereocenters. The number of unbranched alkanes of at least 4 members (excludes halogenated alkanes) is 3. The normalized spacial score (nSPS) is 12.6. The Hall–Kier alpha value is -0.613. The second-order valence-electron chi connectivity index (χ2n) is 4.61. The molecule has 17 heavy (non-hydrogen) atoms. The average Bonchev–Trinajstić information content (AvgIpc) is 2.23. The molecule has 0 radical (unpaired) electrons. The van der Waals surface area contributed by atoms with Crippen molar-refractivity contribution in [3.05, 3.63) is 11.6 Å². The van der Waals surface area contributed by atoms with Gasteiger partial charge in [-0.15, -0.1) is 0 Å². The summed E-state index contributed by atoms with van der Waals surface area (Å²) in [7, 11) is -2.27. The molecule has 0 aliphatic rings. The van der Waals surface area contributed by atoms with Crippen LogP contribution in [0.5, 0.6) is 0 Å². The molecule has 0 aliphatic carbocycles. The van der Waals surface area contributed by atoms with Crippen molar-refractivity contribution in [2.24, 2.45) is 0 Å². The maximum absolute atomic E-state index is 11.8. The lowest BCUT2D eigenvalue weighted by Crippen LogP contribution is -2.37. The third-order valence-corrected chi connectivity index (χ3v) is 4.07. The molecule has 0 N–H and O–H groups in total. The van der Waals surface area contributed by atoms with E-state index in [1.54, 1.807) is 0 Å². The molecule has 3 nitrogen and oxygen atoms in total. The summed E-state index contributed by atoms with van der Waals surface area (Å²) < 4.78 is 10.9. The SMILES string of the molecule is CCCCCC=C(C)C(=O)O[Si](C)(C)OCC. The highest BCUT2D eigenvalue weighted by atomic mass is 28.4. The van der Waals surface area contributed by atoms with E-state index >= 15 is 0 Å². The number of hydrogen-bond acceptors (Lipinski definition) is 3. The van der Waals surface area contributed by atoms with Crippen LogP contribution in [0.15, 0.2) is 11.6 Å². The minimum absolute atomic E-state index is 0.230. The van der Waals surface area contributed by atoms with Crippen LogP contribution in [0.25, 0.3) is 0 Å². The Morgan fingerprint density at radius 3 is 2.41 bits per heavy atom. The second kappa shape index (κ2) is 8.47. The molecule has 0 aromatic carbocycles. The van der Waals surface area contributed by atoms with Crippen LogP contribution in [0, 0.1) is 0 Å². The Morgan fingerprint density at radius 2 is 1.88 bits per heavy atom. The van der Waals surface area contributed by atoms with Crippen molar-refractivity contribution in [1.82, 2.24) is 0 Å². The van der Waals surface area contributed by atoms with Crippen molar-refractivity contribution in [3.8, 4) is 0 Å². The van der Waals surface area contributed by atoms with Gasteiger partial charge in [-0.05, 0) is 39.8 Å². The van der Waals surface area contributed by atoms with Crippen LogP contribution in [-0.4, -0.2) is 21.1 Å². The van der Waals surface area contributed by atoms with Crippen molar-refractivity contribution in [2.75, 3.05) is 6.61 Å². The maximum atomic E-state index is 11.8.